The molecule has 162 valence electrons. The zero-order valence-electron chi connectivity index (χ0n) is 18.5. The van der Waals surface area contributed by atoms with Crippen LogP contribution in [0.3, 0.4) is 0 Å². The zero-order chi connectivity index (χ0) is 21.8. The van der Waals surface area contributed by atoms with Gasteiger partial charge < -0.3 is 14.2 Å². The lowest BCUT2D eigenvalue weighted by Crippen LogP contribution is -2.49. The van der Waals surface area contributed by atoms with Gasteiger partial charge in [0.15, 0.2) is 0 Å². The molecule has 0 aliphatic carbocycles. The number of nitrogens with zero attached hydrogens (tertiary/aromatic N) is 4. The molecule has 0 atom stereocenters. The molecular formula is C25H30N4O2. The van der Waals surface area contributed by atoms with Crippen molar-refractivity contribution in [1.29, 1.82) is 0 Å². The van der Waals surface area contributed by atoms with Gasteiger partial charge in [-0.3, -0.25) is 4.79 Å². The van der Waals surface area contributed by atoms with E-state index in [9.17, 15) is 4.79 Å². The van der Waals surface area contributed by atoms with Crippen LogP contribution in [0.25, 0.3) is 11.3 Å². The molecule has 1 saturated heterocycles. The van der Waals surface area contributed by atoms with Crippen molar-refractivity contribution in [2.75, 3.05) is 31.1 Å². The van der Waals surface area contributed by atoms with Crippen molar-refractivity contribution in [3.63, 3.8) is 0 Å². The SMILES string of the molecule is Cc1cc(N2CCN(C(=O)CCc3ccc(-c4ccccc4)o3)CC2)nc(C(C)C)n1. The van der Waals surface area contributed by atoms with E-state index in [2.05, 4.69) is 23.7 Å². The number of aromatic nitrogens is 2. The molecule has 0 N–H and O–H groups in total. The molecule has 0 spiro atoms. The van der Waals surface area contributed by atoms with Gasteiger partial charge in [-0.15, -0.1) is 0 Å². The Labute approximate surface area is 183 Å². The standard InChI is InChI=1S/C25H30N4O2/c1-18(2)25-26-19(3)17-23(27-25)28-13-15-29(16-14-28)24(30)12-10-21-9-11-22(31-21)20-7-5-4-6-8-20/h4-9,11,17-18H,10,12-16H2,1-3H3. The first-order chi connectivity index (χ1) is 15.0. The maximum atomic E-state index is 12.7. The minimum Gasteiger partial charge on any atom is -0.461 e. The van der Waals surface area contributed by atoms with Gasteiger partial charge in [-0.2, -0.15) is 0 Å². The van der Waals surface area contributed by atoms with Crippen LogP contribution in [0.4, 0.5) is 5.82 Å². The highest BCUT2D eigenvalue weighted by Crippen LogP contribution is 2.23. The van der Waals surface area contributed by atoms with Crippen molar-refractivity contribution in [3.05, 3.63) is 65.8 Å². The highest BCUT2D eigenvalue weighted by Gasteiger charge is 2.23. The van der Waals surface area contributed by atoms with E-state index < -0.39 is 0 Å². The molecule has 6 heteroatoms. The van der Waals surface area contributed by atoms with Crippen LogP contribution in [-0.4, -0.2) is 47.0 Å². The van der Waals surface area contributed by atoms with Crippen molar-refractivity contribution in [1.82, 2.24) is 14.9 Å². The molecule has 2 aromatic heterocycles. The van der Waals surface area contributed by atoms with Crippen LogP contribution in [0.5, 0.6) is 0 Å². The van der Waals surface area contributed by atoms with Crippen LogP contribution < -0.4 is 4.90 Å². The molecule has 1 fully saturated rings. The summed E-state index contributed by atoms with van der Waals surface area (Å²) in [6.07, 6.45) is 1.08. The zero-order valence-corrected chi connectivity index (χ0v) is 18.5. The summed E-state index contributed by atoms with van der Waals surface area (Å²) in [6, 6.07) is 16.0. The van der Waals surface area contributed by atoms with E-state index in [1.807, 2.05) is 60.4 Å². The van der Waals surface area contributed by atoms with Crippen molar-refractivity contribution < 1.29 is 9.21 Å². The minimum atomic E-state index is 0.180. The number of hydrogen-bond acceptors (Lipinski definition) is 5. The average Bonchev–Trinajstić information content (AvgIpc) is 3.27. The Morgan fingerprint density at radius 2 is 1.77 bits per heavy atom. The van der Waals surface area contributed by atoms with Gasteiger partial charge in [0.05, 0.1) is 0 Å². The second-order valence-corrected chi connectivity index (χ2v) is 8.38. The first kappa shape index (κ1) is 21.1. The van der Waals surface area contributed by atoms with Crippen LogP contribution in [0, 0.1) is 6.92 Å². The number of hydrogen-bond donors (Lipinski definition) is 0. The summed E-state index contributed by atoms with van der Waals surface area (Å²) in [7, 11) is 0. The van der Waals surface area contributed by atoms with Gasteiger partial charge >= 0.3 is 0 Å². The summed E-state index contributed by atoms with van der Waals surface area (Å²) >= 11 is 0. The second kappa shape index (κ2) is 9.33. The molecule has 6 nitrogen and oxygen atoms in total. The summed E-state index contributed by atoms with van der Waals surface area (Å²) in [6.45, 7) is 9.23. The van der Waals surface area contributed by atoms with E-state index in [-0.39, 0.29) is 5.91 Å². The van der Waals surface area contributed by atoms with E-state index in [0.717, 1.165) is 47.5 Å². The van der Waals surface area contributed by atoms with E-state index in [4.69, 9.17) is 9.40 Å². The Kier molecular flexibility index (Phi) is 6.35. The molecule has 1 aliphatic heterocycles. The Hall–Kier alpha value is -3.15. The van der Waals surface area contributed by atoms with Crippen molar-refractivity contribution in [3.8, 4) is 11.3 Å². The average molecular weight is 419 g/mol. The lowest BCUT2D eigenvalue weighted by molar-refractivity contribution is -0.131. The van der Waals surface area contributed by atoms with Crippen LogP contribution in [-0.2, 0) is 11.2 Å². The molecule has 0 unspecified atom stereocenters. The van der Waals surface area contributed by atoms with Gasteiger partial charge in [-0.1, -0.05) is 44.2 Å². The number of furan rings is 1. The fourth-order valence-corrected chi connectivity index (χ4v) is 3.84. The highest BCUT2D eigenvalue weighted by molar-refractivity contribution is 5.76. The first-order valence-corrected chi connectivity index (χ1v) is 11.0. The number of rotatable bonds is 6. The molecule has 1 aromatic carbocycles. The predicted molar refractivity (Wildman–Crippen MR) is 122 cm³/mol. The molecule has 1 aliphatic rings. The normalized spacial score (nSPS) is 14.3. The van der Waals surface area contributed by atoms with Gasteiger partial charge in [0, 0.05) is 62.3 Å². The number of anilines is 1. The number of carbonyl (C=O) groups excluding carboxylic acids is 1. The van der Waals surface area contributed by atoms with E-state index >= 15 is 0 Å². The molecule has 3 aromatic rings. The van der Waals surface area contributed by atoms with Crippen LogP contribution >= 0.6 is 0 Å². The summed E-state index contributed by atoms with van der Waals surface area (Å²) in [4.78, 5) is 26.2. The molecule has 1 amide bonds. The number of benzene rings is 1. The van der Waals surface area contributed by atoms with Gasteiger partial charge in [0.25, 0.3) is 0 Å². The molecule has 3 heterocycles. The van der Waals surface area contributed by atoms with Crippen molar-refractivity contribution in [2.24, 2.45) is 0 Å². The van der Waals surface area contributed by atoms with E-state index in [1.54, 1.807) is 0 Å². The van der Waals surface area contributed by atoms with Gasteiger partial charge in [0.1, 0.15) is 23.2 Å². The van der Waals surface area contributed by atoms with Crippen molar-refractivity contribution in [2.45, 2.75) is 39.5 Å². The number of amides is 1. The van der Waals surface area contributed by atoms with Crippen molar-refractivity contribution >= 4 is 11.7 Å². The summed E-state index contributed by atoms with van der Waals surface area (Å²) in [5, 5.41) is 0. The van der Waals surface area contributed by atoms with Crippen LogP contribution in [0.1, 0.15) is 43.5 Å². The molecule has 0 saturated carbocycles. The first-order valence-electron chi connectivity index (χ1n) is 11.0. The third-order valence-corrected chi connectivity index (χ3v) is 5.64. The maximum Gasteiger partial charge on any atom is 0.223 e. The monoisotopic (exact) mass is 418 g/mol. The highest BCUT2D eigenvalue weighted by atomic mass is 16.3. The summed E-state index contributed by atoms with van der Waals surface area (Å²) in [5.41, 5.74) is 2.04. The molecule has 0 radical (unpaired) electrons. The molecular weight excluding hydrogens is 388 g/mol. The number of aryl methyl sites for hydroxylation is 2. The number of carbonyl (C=O) groups is 1. The third kappa shape index (κ3) is 5.13. The predicted octanol–water partition coefficient (Wildman–Crippen LogP) is 4.45. The Morgan fingerprint density at radius 1 is 1.03 bits per heavy atom. The second-order valence-electron chi connectivity index (χ2n) is 8.38. The molecule has 4 rings (SSSR count). The van der Waals surface area contributed by atoms with E-state index in [0.29, 0.717) is 31.8 Å². The quantitative estimate of drug-likeness (QED) is 0.592. The Morgan fingerprint density at radius 3 is 2.48 bits per heavy atom. The minimum absolute atomic E-state index is 0.180. The van der Waals surface area contributed by atoms with E-state index in [1.165, 1.54) is 0 Å². The third-order valence-electron chi connectivity index (χ3n) is 5.64. The van der Waals surface area contributed by atoms with Crippen LogP contribution in [0.2, 0.25) is 0 Å². The largest absolute Gasteiger partial charge is 0.461 e. The Bertz CT molecular complexity index is 1020. The van der Waals surface area contributed by atoms with Gasteiger partial charge in [-0.05, 0) is 19.1 Å². The molecule has 0 bridgehead atoms. The molecule has 31 heavy (non-hydrogen) atoms. The summed E-state index contributed by atoms with van der Waals surface area (Å²) < 4.78 is 5.93. The fourth-order valence-electron chi connectivity index (χ4n) is 3.84. The summed E-state index contributed by atoms with van der Waals surface area (Å²) in [5.74, 6) is 4.01. The topological polar surface area (TPSA) is 62.5 Å². The maximum absolute atomic E-state index is 12.7. The number of piperazine rings is 1. The lowest BCUT2D eigenvalue weighted by atomic mass is 10.2. The Balaban J connectivity index is 1.30. The smallest absolute Gasteiger partial charge is 0.223 e. The van der Waals surface area contributed by atoms with Gasteiger partial charge in [0.2, 0.25) is 5.91 Å². The van der Waals surface area contributed by atoms with Crippen LogP contribution in [0.15, 0.2) is 52.9 Å². The van der Waals surface area contributed by atoms with Gasteiger partial charge in [-0.25, -0.2) is 9.97 Å². The lowest BCUT2D eigenvalue weighted by Gasteiger charge is -2.35. The fraction of sp³-hybridized carbons (Fsp3) is 0.400.